The molecule has 7 atom stereocenters. The van der Waals surface area contributed by atoms with Crippen molar-refractivity contribution < 1.29 is 62.4 Å². The van der Waals surface area contributed by atoms with Crippen molar-refractivity contribution in [2.24, 2.45) is 0 Å². The number of amides is 8. The molecule has 0 aliphatic carbocycles. The number of hydrogen-bond donors (Lipinski definition) is 6. The number of hydrogen-bond acceptors (Lipinski definition) is 20. The maximum atomic E-state index is 14.7. The fourth-order valence-corrected chi connectivity index (χ4v) is 14.1. The molecule has 7 unspecified atom stereocenters. The summed E-state index contributed by atoms with van der Waals surface area (Å²) in [6, 6.07) is 7.36. The zero-order chi connectivity index (χ0) is 56.2. The number of benzene rings is 2. The van der Waals surface area contributed by atoms with Crippen molar-refractivity contribution in [2.75, 3.05) is 88.3 Å². The average molecular weight is 1170 g/mol. The average Bonchev–Trinajstić information content (AvgIpc) is 3.41. The number of carbonyl (C=O) groups excluding carboxylic acids is 10. The molecule has 29 heteroatoms. The van der Waals surface area contributed by atoms with Crippen molar-refractivity contribution in [3.05, 3.63) is 72.1 Å². The molecule has 2 aliphatic heterocycles. The number of likely N-dealkylation sites (N-methyl/N-ethyl adjacent to an activating group) is 4. The van der Waals surface area contributed by atoms with Gasteiger partial charge in [0.2, 0.25) is 45.7 Å². The summed E-state index contributed by atoms with van der Waals surface area (Å²) in [4.78, 5) is 155. The fraction of sp³-hybridized carbons (Fsp3) is 0.417. The second-order valence-corrected chi connectivity index (χ2v) is 24.6. The highest BCUT2D eigenvalue weighted by Crippen LogP contribution is 2.29. The van der Waals surface area contributed by atoms with Gasteiger partial charge < -0.3 is 51.1 Å². The monoisotopic (exact) mass is 1170 g/mol. The zero-order valence-electron chi connectivity index (χ0n) is 42.4. The molecule has 2 aromatic carbocycles. The Balaban J connectivity index is 1.37. The highest BCUT2D eigenvalue weighted by molar-refractivity contribution is 8.76. The summed E-state index contributed by atoms with van der Waals surface area (Å²) in [6.45, 7) is -1.48. The maximum absolute atomic E-state index is 14.7. The number of pyridine rings is 2. The van der Waals surface area contributed by atoms with Crippen LogP contribution in [0.4, 0.5) is 0 Å². The van der Waals surface area contributed by atoms with E-state index >= 15 is 0 Å². The number of rotatable bonds is 8. The van der Waals surface area contributed by atoms with E-state index in [1.54, 1.807) is 54.8 Å². The van der Waals surface area contributed by atoms with Gasteiger partial charge in [-0.05, 0) is 30.5 Å². The van der Waals surface area contributed by atoms with Crippen LogP contribution in [-0.2, 0) is 49.2 Å². The minimum absolute atomic E-state index is 0.0411. The van der Waals surface area contributed by atoms with Crippen LogP contribution >= 0.6 is 56.9 Å². The van der Waals surface area contributed by atoms with Crippen molar-refractivity contribution in [1.29, 1.82) is 0 Å². The molecule has 2 saturated heterocycles. The van der Waals surface area contributed by atoms with Gasteiger partial charge in [-0.1, -0.05) is 81.5 Å². The quantitative estimate of drug-likeness (QED) is 0.129. The summed E-state index contributed by atoms with van der Waals surface area (Å²) in [7, 11) is 5.57. The third kappa shape index (κ3) is 15.1. The predicted octanol–water partition coefficient (Wildman–Crippen LogP) is 0.301. The summed E-state index contributed by atoms with van der Waals surface area (Å²) in [5.74, 6) is -9.82. The van der Waals surface area contributed by atoms with Crippen LogP contribution in [0.1, 0.15) is 21.0 Å². The number of fused-ring (bicyclic) bond motifs is 7. The summed E-state index contributed by atoms with van der Waals surface area (Å²) in [6.07, 6.45) is 3.00. The van der Waals surface area contributed by atoms with E-state index in [0.29, 0.717) is 45.3 Å². The largest absolute Gasteiger partial charge is 0.505 e. The Labute approximate surface area is 465 Å². The second kappa shape index (κ2) is 27.4. The molecule has 23 nitrogen and oxygen atoms in total. The molecule has 6 N–H and O–H groups in total. The Morgan fingerprint density at radius 3 is 1.47 bits per heavy atom. The first-order chi connectivity index (χ1) is 36.6. The van der Waals surface area contributed by atoms with Gasteiger partial charge in [0.15, 0.2) is 11.4 Å². The zero-order valence-corrected chi connectivity index (χ0v) is 47.3. The van der Waals surface area contributed by atoms with Crippen LogP contribution in [0.2, 0.25) is 0 Å². The minimum Gasteiger partial charge on any atom is -0.505 e. The summed E-state index contributed by atoms with van der Waals surface area (Å²) in [5.41, 5.74) is -0.200. The number of para-hydroxylation sites is 2. The SMILES string of the molecule is CSCC1C(=O)SCC(NC(=O)c2nc3ccccc3cc2O)C(=O)NCC(=O)N(C)C2CSSCC(C(=O)N1C)N(C)C(=O)CNC(=O)C(NC(=O)c1nc3ccccc3cc1O)CSC(=O)C(CS(C)=O)N(C)C2=O. The van der Waals surface area contributed by atoms with Crippen molar-refractivity contribution in [2.45, 2.75) is 36.3 Å². The van der Waals surface area contributed by atoms with E-state index in [1.807, 2.05) is 0 Å². The van der Waals surface area contributed by atoms with E-state index in [-0.39, 0.29) is 17.3 Å². The molecule has 2 bridgehead atoms. The van der Waals surface area contributed by atoms with Gasteiger partial charge in [0.1, 0.15) is 47.8 Å². The summed E-state index contributed by atoms with van der Waals surface area (Å²) < 4.78 is 12.9. The first-order valence-corrected chi connectivity index (χ1v) is 31.0. The van der Waals surface area contributed by atoms with Crippen LogP contribution in [-0.4, -0.2) is 226 Å². The number of nitrogens with zero attached hydrogens (tertiary/aromatic N) is 6. The highest BCUT2D eigenvalue weighted by Gasteiger charge is 2.40. The molecule has 6 rings (SSSR count). The third-order valence-corrected chi connectivity index (χ3v) is 18.3. The lowest BCUT2D eigenvalue weighted by Crippen LogP contribution is -2.57. The second-order valence-electron chi connectivity index (χ2n) is 17.6. The van der Waals surface area contributed by atoms with Gasteiger partial charge in [0.05, 0.1) is 29.9 Å². The number of thioether (sulfide) groups is 3. The normalized spacial score (nSPS) is 23.1. The molecule has 4 heterocycles. The molecule has 2 fully saturated rings. The molecule has 4 aromatic rings. The van der Waals surface area contributed by atoms with Gasteiger partial charge in [-0.15, -0.1) is 0 Å². The fourth-order valence-electron chi connectivity index (χ4n) is 7.81. The number of nitrogens with one attached hydrogen (secondary N) is 4. The first-order valence-electron chi connectivity index (χ1n) is 23.4. The minimum atomic E-state index is -1.72. The van der Waals surface area contributed by atoms with E-state index in [1.165, 1.54) is 58.3 Å². The van der Waals surface area contributed by atoms with Crippen molar-refractivity contribution in [3.8, 4) is 11.5 Å². The van der Waals surface area contributed by atoms with Gasteiger partial charge >= 0.3 is 0 Å². The van der Waals surface area contributed by atoms with Crippen LogP contribution in [0.5, 0.6) is 11.5 Å². The Bertz CT molecular complexity index is 2990. The first kappa shape index (κ1) is 60.1. The lowest BCUT2D eigenvalue weighted by molar-refractivity contribution is -0.144. The van der Waals surface area contributed by atoms with E-state index in [9.17, 15) is 62.4 Å². The predicted molar refractivity (Wildman–Crippen MR) is 299 cm³/mol. The van der Waals surface area contributed by atoms with Crippen molar-refractivity contribution in [1.82, 2.24) is 50.8 Å². The maximum Gasteiger partial charge on any atom is 0.274 e. The Morgan fingerprint density at radius 1 is 0.649 bits per heavy atom. The van der Waals surface area contributed by atoms with Crippen LogP contribution in [0.3, 0.4) is 0 Å². The Morgan fingerprint density at radius 2 is 1.05 bits per heavy atom. The molecule has 0 saturated carbocycles. The Hall–Kier alpha value is -6.14. The molecule has 412 valence electrons. The summed E-state index contributed by atoms with van der Waals surface area (Å²) >= 11 is 2.32. The number of aromatic hydroxyl groups is 2. The van der Waals surface area contributed by atoms with E-state index in [2.05, 4.69) is 31.2 Å². The molecule has 0 spiro atoms. The van der Waals surface area contributed by atoms with Gasteiger partial charge in [-0.25, -0.2) is 9.97 Å². The van der Waals surface area contributed by atoms with Crippen molar-refractivity contribution in [3.63, 3.8) is 0 Å². The standard InChI is InChI=1S/C48H56N10O13S6/c1-55-31-22-75-76-23-32(46(68)58(4)34(24-77(6)71)48(70)74-20-30(42(64)50-17-37(55)61)54-44(66)40-36(60)16-26-12-8-10-14-28(26)52-40)56(2)38(62)18-49-41(63)29(19-73-47(69)33(21-72-5)57(3)45(31)67)53-43(65)39-35(59)15-25-11-7-9-13-27(25)51-39/h7-16,29-34,59-60H,17-24H2,1-6H3,(H,49,63)(H,50,64)(H,53,65)(H,54,66). The van der Waals surface area contributed by atoms with Gasteiger partial charge in [0.25, 0.3) is 11.8 Å². The van der Waals surface area contributed by atoms with E-state index in [4.69, 9.17) is 0 Å². The molecule has 2 aromatic heterocycles. The Kier molecular flexibility index (Phi) is 21.4. The molecular formula is C48H56N10O13S6. The van der Waals surface area contributed by atoms with Gasteiger partial charge in [-0.3, -0.25) is 52.2 Å². The van der Waals surface area contributed by atoms with E-state index in [0.717, 1.165) is 41.2 Å². The molecule has 8 amide bonds. The third-order valence-electron chi connectivity index (χ3n) is 12.4. The lowest BCUT2D eigenvalue weighted by Gasteiger charge is -2.35. The molecular weight excluding hydrogens is 1120 g/mol. The highest BCUT2D eigenvalue weighted by atomic mass is 33.1. The van der Waals surface area contributed by atoms with Crippen LogP contribution in [0.15, 0.2) is 60.7 Å². The molecule has 77 heavy (non-hydrogen) atoms. The summed E-state index contributed by atoms with van der Waals surface area (Å²) in [5, 5.41) is 31.2. The van der Waals surface area contributed by atoms with E-state index < -0.39 is 158 Å². The number of aromatic nitrogens is 2. The van der Waals surface area contributed by atoms with Crippen LogP contribution in [0.25, 0.3) is 21.8 Å². The molecule has 2 aliphatic rings. The van der Waals surface area contributed by atoms with Gasteiger partial charge in [-0.2, -0.15) is 11.8 Å². The van der Waals surface area contributed by atoms with Crippen LogP contribution < -0.4 is 21.3 Å². The number of carbonyl (C=O) groups is 10. The lowest BCUT2D eigenvalue weighted by atomic mass is 10.1. The smallest absolute Gasteiger partial charge is 0.274 e. The topological polar surface area (TPSA) is 315 Å². The van der Waals surface area contributed by atoms with Crippen molar-refractivity contribution >= 4 is 147 Å². The van der Waals surface area contributed by atoms with Gasteiger partial charge in [0, 0.05) is 84.8 Å². The van der Waals surface area contributed by atoms with Crippen LogP contribution in [0, 0.1) is 0 Å². The molecule has 0 radical (unpaired) electrons.